The minimum absolute atomic E-state index is 1.12. The van der Waals surface area contributed by atoms with Gasteiger partial charge in [0.25, 0.3) is 0 Å². The van der Waals surface area contributed by atoms with E-state index in [1.165, 1.54) is 22.1 Å². The molecule has 1 rings (SSSR count). The molecule has 0 bridgehead atoms. The molecule has 0 saturated heterocycles. The molecule has 1 nitrogen and oxygen atoms in total. The van der Waals surface area contributed by atoms with Crippen LogP contribution in [0.2, 0.25) is 0 Å². The van der Waals surface area contributed by atoms with Crippen molar-refractivity contribution in [3.05, 3.63) is 10.9 Å². The largest absolute Gasteiger partial charge is 0.186 e. The van der Waals surface area contributed by atoms with Gasteiger partial charge in [-0.05, 0) is 29.8 Å². The molecular weight excluding hydrogens is 150 g/mol. The number of rotatable bonds is 2. The molecule has 1 heterocycles. The molecule has 0 aromatic carbocycles. The third kappa shape index (κ3) is 1.69. The van der Waals surface area contributed by atoms with Crippen LogP contribution in [0.4, 0.5) is 0 Å². The van der Waals surface area contributed by atoms with E-state index in [9.17, 15) is 0 Å². The van der Waals surface area contributed by atoms with Gasteiger partial charge in [-0.2, -0.15) is 4.37 Å². The highest BCUT2D eigenvalue weighted by Crippen LogP contribution is 2.20. The fourth-order valence-corrected chi connectivity index (χ4v) is 2.09. The minimum Gasteiger partial charge on any atom is -0.186 e. The molecule has 0 aliphatic heterocycles. The van der Waals surface area contributed by atoms with Crippen LogP contribution in [0.3, 0.4) is 0 Å². The van der Waals surface area contributed by atoms with Crippen LogP contribution in [0.5, 0.6) is 0 Å². The summed E-state index contributed by atoms with van der Waals surface area (Å²) in [4.78, 5) is 0. The molecule has 0 aliphatic rings. The minimum atomic E-state index is 1.12. The lowest BCUT2D eigenvalue weighted by molar-refractivity contribution is 1.21. The average Bonchev–Trinajstić information content (AvgIpc) is 2.18. The summed E-state index contributed by atoms with van der Waals surface area (Å²) in [6, 6.07) is 0. The number of aryl methyl sites for hydroxylation is 1. The van der Waals surface area contributed by atoms with E-state index in [0.717, 1.165) is 5.75 Å². The molecule has 0 unspecified atom stereocenters. The molecule has 50 valence electrons. The zero-order valence-electron chi connectivity index (χ0n) is 5.55. The molecule has 0 radical (unpaired) electrons. The van der Waals surface area contributed by atoms with Crippen molar-refractivity contribution in [2.75, 3.05) is 5.75 Å². The van der Waals surface area contributed by atoms with Crippen LogP contribution in [0.1, 0.15) is 12.5 Å². The van der Waals surface area contributed by atoms with Gasteiger partial charge in [0.2, 0.25) is 0 Å². The lowest BCUT2D eigenvalue weighted by Gasteiger charge is -1.90. The summed E-state index contributed by atoms with van der Waals surface area (Å²) in [5.41, 5.74) is 1.31. The van der Waals surface area contributed by atoms with Gasteiger partial charge in [-0.15, -0.1) is 11.8 Å². The van der Waals surface area contributed by atoms with Crippen molar-refractivity contribution < 1.29 is 0 Å². The molecule has 0 N–H and O–H groups in total. The van der Waals surface area contributed by atoms with E-state index in [0.29, 0.717) is 0 Å². The van der Waals surface area contributed by atoms with Crippen LogP contribution in [0.15, 0.2) is 10.4 Å². The van der Waals surface area contributed by atoms with E-state index in [2.05, 4.69) is 23.6 Å². The summed E-state index contributed by atoms with van der Waals surface area (Å²) in [7, 11) is 0. The Hall–Kier alpha value is -0.0200. The first-order valence-corrected chi connectivity index (χ1v) is 4.70. The smallest absolute Gasteiger partial charge is 0.113 e. The standard InChI is InChI=1S/C6H9NS2/c1-3-8-6-5(2)4-9-7-6/h4H,3H2,1-2H3. The highest BCUT2D eigenvalue weighted by molar-refractivity contribution is 7.99. The number of nitrogens with zero attached hydrogens (tertiary/aromatic N) is 1. The van der Waals surface area contributed by atoms with Crippen molar-refractivity contribution in [2.24, 2.45) is 0 Å². The molecule has 9 heavy (non-hydrogen) atoms. The predicted octanol–water partition coefficient (Wildman–Crippen LogP) is 2.56. The molecule has 0 atom stereocenters. The topological polar surface area (TPSA) is 12.9 Å². The Kier molecular flexibility index (Phi) is 2.54. The lowest BCUT2D eigenvalue weighted by atomic mass is 10.4. The second kappa shape index (κ2) is 3.22. The van der Waals surface area contributed by atoms with E-state index < -0.39 is 0 Å². The highest BCUT2D eigenvalue weighted by Gasteiger charge is 1.97. The molecule has 3 heteroatoms. The lowest BCUT2D eigenvalue weighted by Crippen LogP contribution is -1.73. The van der Waals surface area contributed by atoms with Crippen LogP contribution in [0, 0.1) is 6.92 Å². The molecule has 0 spiro atoms. The Bertz CT molecular complexity index is 183. The Balaban J connectivity index is 2.69. The van der Waals surface area contributed by atoms with Crippen LogP contribution < -0.4 is 0 Å². The summed E-state index contributed by atoms with van der Waals surface area (Å²) in [5.74, 6) is 1.12. The zero-order chi connectivity index (χ0) is 6.69. The van der Waals surface area contributed by atoms with Crippen molar-refractivity contribution in [3.63, 3.8) is 0 Å². The van der Waals surface area contributed by atoms with Crippen molar-refractivity contribution in [1.29, 1.82) is 0 Å². The van der Waals surface area contributed by atoms with Crippen LogP contribution >= 0.6 is 23.3 Å². The van der Waals surface area contributed by atoms with Gasteiger partial charge in [-0.1, -0.05) is 6.92 Å². The molecule has 0 saturated carbocycles. The molecular formula is C6H9NS2. The van der Waals surface area contributed by atoms with E-state index >= 15 is 0 Å². The van der Waals surface area contributed by atoms with E-state index in [1.807, 2.05) is 11.8 Å². The third-order valence-corrected chi connectivity index (χ3v) is 2.82. The Labute approximate surface area is 63.7 Å². The zero-order valence-corrected chi connectivity index (χ0v) is 7.18. The number of hydrogen-bond acceptors (Lipinski definition) is 3. The van der Waals surface area contributed by atoms with E-state index in [4.69, 9.17) is 0 Å². The van der Waals surface area contributed by atoms with Crippen molar-refractivity contribution in [1.82, 2.24) is 4.37 Å². The maximum atomic E-state index is 4.21. The predicted molar refractivity (Wildman–Crippen MR) is 43.2 cm³/mol. The van der Waals surface area contributed by atoms with Gasteiger partial charge in [0.15, 0.2) is 0 Å². The second-order valence-corrected chi connectivity index (χ2v) is 3.62. The molecule has 1 aromatic rings. The van der Waals surface area contributed by atoms with Crippen LogP contribution in [-0.4, -0.2) is 10.1 Å². The summed E-state index contributed by atoms with van der Waals surface area (Å²) >= 11 is 3.34. The molecule has 0 aliphatic carbocycles. The average molecular weight is 159 g/mol. The molecule has 1 aromatic heterocycles. The van der Waals surface area contributed by atoms with Gasteiger partial charge < -0.3 is 0 Å². The van der Waals surface area contributed by atoms with E-state index in [-0.39, 0.29) is 0 Å². The first-order valence-electron chi connectivity index (χ1n) is 2.88. The summed E-state index contributed by atoms with van der Waals surface area (Å²) in [6.45, 7) is 4.24. The number of thioether (sulfide) groups is 1. The SMILES string of the molecule is CCSc1nscc1C. The monoisotopic (exact) mass is 159 g/mol. The first-order chi connectivity index (χ1) is 4.34. The Morgan fingerprint density at radius 3 is 3.00 bits per heavy atom. The van der Waals surface area contributed by atoms with Gasteiger partial charge in [-0.25, -0.2) is 0 Å². The Morgan fingerprint density at radius 2 is 2.56 bits per heavy atom. The Morgan fingerprint density at radius 1 is 1.78 bits per heavy atom. The highest BCUT2D eigenvalue weighted by atomic mass is 32.2. The normalized spacial score (nSPS) is 10.0. The van der Waals surface area contributed by atoms with Gasteiger partial charge in [0.05, 0.1) is 0 Å². The molecule has 0 fully saturated rings. The number of hydrogen-bond donors (Lipinski definition) is 0. The first kappa shape index (κ1) is 7.09. The maximum Gasteiger partial charge on any atom is 0.113 e. The fraction of sp³-hybridized carbons (Fsp3) is 0.500. The maximum absolute atomic E-state index is 4.21. The van der Waals surface area contributed by atoms with Crippen molar-refractivity contribution in [2.45, 2.75) is 18.9 Å². The quantitative estimate of drug-likeness (QED) is 0.615. The van der Waals surface area contributed by atoms with Crippen molar-refractivity contribution in [3.8, 4) is 0 Å². The van der Waals surface area contributed by atoms with E-state index in [1.54, 1.807) is 0 Å². The molecule has 0 amide bonds. The van der Waals surface area contributed by atoms with Crippen LogP contribution in [-0.2, 0) is 0 Å². The summed E-state index contributed by atoms with van der Waals surface area (Å²) in [5, 5.41) is 3.28. The van der Waals surface area contributed by atoms with Gasteiger partial charge in [-0.3, -0.25) is 0 Å². The van der Waals surface area contributed by atoms with Crippen LogP contribution in [0.25, 0.3) is 0 Å². The van der Waals surface area contributed by atoms with Gasteiger partial charge in [0.1, 0.15) is 5.03 Å². The van der Waals surface area contributed by atoms with Gasteiger partial charge in [0, 0.05) is 5.38 Å². The summed E-state index contributed by atoms with van der Waals surface area (Å²) < 4.78 is 4.21. The third-order valence-electron chi connectivity index (χ3n) is 0.983. The van der Waals surface area contributed by atoms with Gasteiger partial charge >= 0.3 is 0 Å². The fourth-order valence-electron chi connectivity index (χ4n) is 0.553. The second-order valence-electron chi connectivity index (χ2n) is 1.74. The van der Waals surface area contributed by atoms with Crippen molar-refractivity contribution >= 4 is 23.3 Å². The number of aromatic nitrogens is 1. The summed E-state index contributed by atoms with van der Waals surface area (Å²) in [6.07, 6.45) is 0.